The van der Waals surface area contributed by atoms with Gasteiger partial charge in [-0.2, -0.15) is 0 Å². The SMILES string of the molecule is O=C(NCc1ncccc1P)c1coc(CCN(I)CCc2nc3ccccc3[nH]2)n1. The molecular formula is C21H22IN6O2P. The Morgan fingerprint density at radius 2 is 2.00 bits per heavy atom. The number of carbonyl (C=O) groups is 1. The fourth-order valence-corrected chi connectivity index (χ4v) is 3.83. The second-order valence-corrected chi connectivity index (χ2v) is 8.95. The van der Waals surface area contributed by atoms with Gasteiger partial charge in [0.05, 0.1) is 23.3 Å². The van der Waals surface area contributed by atoms with E-state index in [1.54, 1.807) is 6.20 Å². The van der Waals surface area contributed by atoms with Crippen LogP contribution in [0.3, 0.4) is 0 Å². The predicted octanol–water partition coefficient (Wildman–Crippen LogP) is 2.81. The van der Waals surface area contributed by atoms with Crippen LogP contribution in [0.2, 0.25) is 0 Å². The number of nitrogens with one attached hydrogen (secondary N) is 2. The molecule has 8 nitrogen and oxygen atoms in total. The van der Waals surface area contributed by atoms with E-state index in [2.05, 4.69) is 60.5 Å². The molecule has 4 aromatic rings. The highest BCUT2D eigenvalue weighted by Crippen LogP contribution is 2.12. The van der Waals surface area contributed by atoms with Gasteiger partial charge in [-0.15, -0.1) is 9.24 Å². The molecule has 0 saturated heterocycles. The van der Waals surface area contributed by atoms with E-state index >= 15 is 0 Å². The maximum atomic E-state index is 12.3. The van der Waals surface area contributed by atoms with E-state index in [4.69, 9.17) is 4.42 Å². The lowest BCUT2D eigenvalue weighted by molar-refractivity contribution is 0.0945. The maximum absolute atomic E-state index is 12.3. The van der Waals surface area contributed by atoms with E-state index in [1.807, 2.05) is 36.4 Å². The van der Waals surface area contributed by atoms with Crippen LogP contribution < -0.4 is 10.6 Å². The van der Waals surface area contributed by atoms with Gasteiger partial charge < -0.3 is 14.7 Å². The molecular weight excluding hydrogens is 526 g/mol. The summed E-state index contributed by atoms with van der Waals surface area (Å²) in [5, 5.41) is 3.78. The molecule has 0 aliphatic heterocycles. The average molecular weight is 548 g/mol. The summed E-state index contributed by atoms with van der Waals surface area (Å²) >= 11 is 2.29. The van der Waals surface area contributed by atoms with Gasteiger partial charge >= 0.3 is 0 Å². The molecule has 0 aliphatic rings. The van der Waals surface area contributed by atoms with E-state index in [-0.39, 0.29) is 11.6 Å². The van der Waals surface area contributed by atoms with Gasteiger partial charge in [0.15, 0.2) is 11.6 Å². The van der Waals surface area contributed by atoms with Crippen molar-refractivity contribution in [2.45, 2.75) is 19.4 Å². The Morgan fingerprint density at radius 1 is 1.16 bits per heavy atom. The highest BCUT2D eigenvalue weighted by molar-refractivity contribution is 14.1. The van der Waals surface area contributed by atoms with Crippen LogP contribution in [0.5, 0.6) is 0 Å². The quantitative estimate of drug-likeness (QED) is 0.190. The summed E-state index contributed by atoms with van der Waals surface area (Å²) in [5.41, 5.74) is 3.12. The Balaban J connectivity index is 1.22. The molecule has 0 saturated carbocycles. The molecule has 31 heavy (non-hydrogen) atoms. The third-order valence-corrected chi connectivity index (χ3v) is 6.21. The van der Waals surface area contributed by atoms with Crippen molar-refractivity contribution < 1.29 is 9.21 Å². The lowest BCUT2D eigenvalue weighted by atomic mass is 10.3. The molecule has 1 atom stereocenters. The minimum atomic E-state index is -0.277. The number of hydrogen-bond donors (Lipinski definition) is 2. The van der Waals surface area contributed by atoms with Gasteiger partial charge in [-0.05, 0) is 23.5 Å². The van der Waals surface area contributed by atoms with Crippen LogP contribution in [0.4, 0.5) is 0 Å². The minimum absolute atomic E-state index is 0.276. The van der Waals surface area contributed by atoms with Gasteiger partial charge in [0.2, 0.25) is 0 Å². The predicted molar refractivity (Wildman–Crippen MR) is 130 cm³/mol. The number of halogens is 1. The molecule has 4 rings (SSSR count). The zero-order valence-electron chi connectivity index (χ0n) is 16.7. The first-order valence-electron chi connectivity index (χ1n) is 9.85. The van der Waals surface area contributed by atoms with Crippen LogP contribution in [-0.4, -0.2) is 42.0 Å². The second kappa shape index (κ2) is 10.3. The molecule has 1 aromatic carbocycles. The molecule has 160 valence electrons. The summed E-state index contributed by atoms with van der Waals surface area (Å²) in [6, 6.07) is 11.8. The number of imidazole rings is 1. The third kappa shape index (κ3) is 5.87. The van der Waals surface area contributed by atoms with Crippen LogP contribution in [0, 0.1) is 0 Å². The summed E-state index contributed by atoms with van der Waals surface area (Å²) in [4.78, 5) is 28.8. The highest BCUT2D eigenvalue weighted by atomic mass is 127. The Hall–Kier alpha value is -2.36. The van der Waals surface area contributed by atoms with Crippen molar-refractivity contribution in [1.82, 2.24) is 28.4 Å². The first kappa shape index (κ1) is 21.9. The smallest absolute Gasteiger partial charge is 0.273 e. The third-order valence-electron chi connectivity index (χ3n) is 4.72. The minimum Gasteiger partial charge on any atom is -0.448 e. The van der Waals surface area contributed by atoms with Crippen molar-refractivity contribution >= 4 is 54.3 Å². The number of benzene rings is 1. The van der Waals surface area contributed by atoms with Crippen LogP contribution in [0.25, 0.3) is 11.0 Å². The summed E-state index contributed by atoms with van der Waals surface area (Å²) in [6.07, 6.45) is 4.54. The van der Waals surface area contributed by atoms with Crippen molar-refractivity contribution in [3.63, 3.8) is 0 Å². The Morgan fingerprint density at radius 3 is 2.84 bits per heavy atom. The number of fused-ring (bicyclic) bond motifs is 1. The number of carbonyl (C=O) groups excluding carboxylic acids is 1. The molecule has 0 bridgehead atoms. The number of hydrogen-bond acceptors (Lipinski definition) is 6. The summed E-state index contributed by atoms with van der Waals surface area (Å²) in [6.45, 7) is 1.94. The van der Waals surface area contributed by atoms with Crippen molar-refractivity contribution in [1.29, 1.82) is 0 Å². The summed E-state index contributed by atoms with van der Waals surface area (Å²) in [5.74, 6) is 1.24. The molecule has 2 N–H and O–H groups in total. The van der Waals surface area contributed by atoms with Crippen molar-refractivity contribution in [3.05, 3.63) is 72.0 Å². The lowest BCUT2D eigenvalue weighted by Crippen LogP contribution is -2.25. The number of H-pyrrole nitrogens is 1. The fraction of sp³-hybridized carbons (Fsp3) is 0.238. The van der Waals surface area contributed by atoms with Crippen LogP contribution in [0.15, 0.2) is 53.3 Å². The van der Waals surface area contributed by atoms with Gasteiger partial charge in [-0.1, -0.05) is 18.2 Å². The van der Waals surface area contributed by atoms with Gasteiger partial charge in [0, 0.05) is 55.0 Å². The number of nitrogens with zero attached hydrogens (tertiary/aromatic N) is 4. The van der Waals surface area contributed by atoms with E-state index in [0.717, 1.165) is 47.4 Å². The average Bonchev–Trinajstić information content (AvgIpc) is 3.42. The molecule has 1 amide bonds. The molecule has 0 aliphatic carbocycles. The highest BCUT2D eigenvalue weighted by Gasteiger charge is 2.14. The summed E-state index contributed by atoms with van der Waals surface area (Å²) in [7, 11) is 2.61. The molecule has 10 heteroatoms. The van der Waals surface area contributed by atoms with Gasteiger partial charge in [0.25, 0.3) is 5.91 Å². The molecule has 3 heterocycles. The van der Waals surface area contributed by atoms with E-state index < -0.39 is 0 Å². The topological polar surface area (TPSA) is 99.9 Å². The number of rotatable bonds is 9. The first-order valence-corrected chi connectivity index (χ1v) is 11.4. The van der Waals surface area contributed by atoms with E-state index in [0.29, 0.717) is 18.9 Å². The number of pyridine rings is 1. The Bertz CT molecular complexity index is 1140. The first-order chi connectivity index (χ1) is 15.1. The van der Waals surface area contributed by atoms with E-state index in [1.165, 1.54) is 6.26 Å². The fourth-order valence-electron chi connectivity index (χ4n) is 3.06. The number of oxazole rings is 1. The number of aromatic amines is 1. The molecule has 1 unspecified atom stereocenters. The molecule has 3 aromatic heterocycles. The van der Waals surface area contributed by atoms with Crippen LogP contribution in [-0.2, 0) is 19.4 Å². The molecule has 0 fully saturated rings. The van der Waals surface area contributed by atoms with Crippen LogP contribution >= 0.6 is 32.1 Å². The van der Waals surface area contributed by atoms with Crippen molar-refractivity contribution in [3.8, 4) is 0 Å². The van der Waals surface area contributed by atoms with Crippen molar-refractivity contribution in [2.24, 2.45) is 0 Å². The Labute approximate surface area is 195 Å². The lowest BCUT2D eigenvalue weighted by Gasteiger charge is -2.11. The maximum Gasteiger partial charge on any atom is 0.273 e. The second-order valence-electron chi connectivity index (χ2n) is 6.96. The standard InChI is InChI=1S/C21H22IN6O2P/c22-28(10-7-19-25-14-4-1-2-5-15(14)26-19)11-8-20-27-17(13-30-20)21(29)24-12-16-18(31)6-3-9-23-16/h1-6,9,13H,7-8,10-12,31H2,(H,24,29)(H,25,26). The van der Waals surface area contributed by atoms with Crippen LogP contribution in [0.1, 0.15) is 27.9 Å². The van der Waals surface area contributed by atoms with E-state index in [9.17, 15) is 4.79 Å². The molecule has 0 spiro atoms. The van der Waals surface area contributed by atoms with Crippen molar-refractivity contribution in [2.75, 3.05) is 13.1 Å². The normalized spacial score (nSPS) is 11.3. The monoisotopic (exact) mass is 548 g/mol. The van der Waals surface area contributed by atoms with Gasteiger partial charge in [-0.25, -0.2) is 13.1 Å². The zero-order chi connectivity index (χ0) is 21.6. The molecule has 0 radical (unpaired) electrons. The zero-order valence-corrected chi connectivity index (χ0v) is 20.0. The van der Waals surface area contributed by atoms with Gasteiger partial charge in [0.1, 0.15) is 12.1 Å². The largest absolute Gasteiger partial charge is 0.448 e. The van der Waals surface area contributed by atoms with Gasteiger partial charge in [-0.3, -0.25) is 9.78 Å². The number of para-hydroxylation sites is 2. The summed E-state index contributed by atoms with van der Waals surface area (Å²) < 4.78 is 7.64. The Kier molecular flexibility index (Phi) is 7.26. The number of aromatic nitrogens is 4. The number of amides is 1.